The van der Waals surface area contributed by atoms with Crippen molar-refractivity contribution in [2.24, 2.45) is 23.7 Å². The Hall–Kier alpha value is -5.05. The zero-order chi connectivity index (χ0) is 37.3. The minimum Gasteiger partial charge on any atom is -0.508 e. The normalized spacial score (nSPS) is 28.6. The van der Waals surface area contributed by atoms with E-state index in [9.17, 15) is 19.5 Å². The van der Waals surface area contributed by atoms with E-state index in [1.807, 2.05) is 67.6 Å². The van der Waals surface area contributed by atoms with Gasteiger partial charge in [0.2, 0.25) is 23.6 Å². The van der Waals surface area contributed by atoms with E-state index in [4.69, 9.17) is 11.6 Å². The first-order chi connectivity index (χ1) is 26.2. The molecular weight excluding hydrogens is 698 g/mol. The average molecular weight is 740 g/mol. The number of nitrogens with zero attached hydrogens (tertiary/aromatic N) is 3. The highest BCUT2D eigenvalue weighted by atomic mass is 35.5. The number of phenolic OH excluding ortho intramolecular Hbond substituents is 1. The van der Waals surface area contributed by atoms with Crippen LogP contribution >= 0.6 is 11.6 Å². The second-order valence-corrected chi connectivity index (χ2v) is 16.1. The summed E-state index contributed by atoms with van der Waals surface area (Å²) in [6, 6.07) is 31.8. The maximum absolute atomic E-state index is 15.4. The molecule has 54 heavy (non-hydrogen) atoms. The van der Waals surface area contributed by atoms with Crippen molar-refractivity contribution in [3.8, 4) is 5.75 Å². The van der Waals surface area contributed by atoms with Crippen LogP contribution in [0.25, 0.3) is 0 Å². The maximum atomic E-state index is 15.4. The number of carbonyl (C=O) groups is 4. The zero-order valence-electron chi connectivity index (χ0n) is 30.1. The van der Waals surface area contributed by atoms with Gasteiger partial charge in [0.1, 0.15) is 5.75 Å². The van der Waals surface area contributed by atoms with E-state index in [0.29, 0.717) is 41.1 Å². The number of hydrogen-bond donors (Lipinski definition) is 1. The molecule has 4 amide bonds. The number of carbonyl (C=O) groups excluding carboxylic acids is 4. The van der Waals surface area contributed by atoms with Gasteiger partial charge in [-0.2, -0.15) is 0 Å². The molecule has 9 heteroatoms. The van der Waals surface area contributed by atoms with Gasteiger partial charge in [-0.15, -0.1) is 0 Å². The highest BCUT2D eigenvalue weighted by molar-refractivity contribution is 6.32. The van der Waals surface area contributed by atoms with Gasteiger partial charge in [-0.3, -0.25) is 29.0 Å². The third kappa shape index (κ3) is 5.29. The van der Waals surface area contributed by atoms with Gasteiger partial charge in [0.05, 0.1) is 28.9 Å². The molecule has 3 heterocycles. The van der Waals surface area contributed by atoms with Gasteiger partial charge >= 0.3 is 0 Å². The van der Waals surface area contributed by atoms with Crippen molar-refractivity contribution in [3.05, 3.63) is 142 Å². The number of anilines is 1. The molecule has 3 aliphatic heterocycles. The Bertz CT molecular complexity index is 2200. The maximum Gasteiger partial charge on any atom is 0.246 e. The second kappa shape index (κ2) is 13.4. The Labute approximate surface area is 320 Å². The minimum atomic E-state index is -1.35. The van der Waals surface area contributed by atoms with Crippen molar-refractivity contribution < 1.29 is 24.3 Å². The van der Waals surface area contributed by atoms with Gasteiger partial charge in [0.25, 0.3) is 0 Å². The molecule has 0 aromatic heterocycles. The molecule has 274 valence electrons. The molecule has 0 radical (unpaired) electrons. The second-order valence-electron chi connectivity index (χ2n) is 15.7. The fourth-order valence-corrected chi connectivity index (χ4v) is 10.7. The van der Waals surface area contributed by atoms with Gasteiger partial charge in [-0.1, -0.05) is 102 Å². The lowest BCUT2D eigenvalue weighted by atomic mass is 9.49. The third-order valence-electron chi connectivity index (χ3n) is 12.9. The number of rotatable bonds is 6. The Morgan fingerprint density at radius 1 is 0.796 bits per heavy atom. The molecule has 9 rings (SSSR count). The Morgan fingerprint density at radius 3 is 2.22 bits per heavy atom. The molecule has 1 N–H and O–H groups in total. The lowest BCUT2D eigenvalue weighted by molar-refractivity contribution is -0.144. The molecule has 4 aromatic carbocycles. The Morgan fingerprint density at radius 2 is 1.52 bits per heavy atom. The lowest BCUT2D eigenvalue weighted by Crippen LogP contribution is -2.53. The molecule has 3 saturated heterocycles. The summed E-state index contributed by atoms with van der Waals surface area (Å²) in [5.41, 5.74) is 3.34. The van der Waals surface area contributed by atoms with Crippen LogP contribution in [0.3, 0.4) is 0 Å². The molecule has 0 spiro atoms. The average Bonchev–Trinajstić information content (AvgIpc) is 3.57. The van der Waals surface area contributed by atoms with Crippen LogP contribution in [-0.4, -0.2) is 57.7 Å². The first-order valence-corrected chi connectivity index (χ1v) is 19.4. The number of likely N-dealkylation sites (tertiary alicyclic amines) is 2. The zero-order valence-corrected chi connectivity index (χ0v) is 30.9. The van der Waals surface area contributed by atoms with Gasteiger partial charge in [0, 0.05) is 36.6 Å². The van der Waals surface area contributed by atoms with Crippen LogP contribution in [0.2, 0.25) is 5.02 Å². The van der Waals surface area contributed by atoms with Gasteiger partial charge in [-0.25, -0.2) is 4.90 Å². The molecule has 0 unspecified atom stereocenters. The number of aryl methyl sites for hydroxylation is 1. The lowest BCUT2D eigenvalue weighted by Gasteiger charge is -2.50. The van der Waals surface area contributed by atoms with Crippen molar-refractivity contribution >= 4 is 40.9 Å². The molecule has 0 bridgehead atoms. The molecule has 1 saturated carbocycles. The fraction of sp³-hybridized carbons (Fsp3) is 0.333. The SMILES string of the molecule is Cc1cc([C@H]2C3=CC[C@@H]4C(=O)N(C5CCN(Cc6ccccc6)CC5)C(=O)[C@@H]4[C@@H]3C[C@H]3C(=O)N(c4cccc(Cl)c4)C(=O)[C@@]23c2ccccc2)ccc1O. The summed E-state index contributed by atoms with van der Waals surface area (Å²) in [6.07, 6.45) is 4.15. The van der Waals surface area contributed by atoms with Crippen molar-refractivity contribution in [1.82, 2.24) is 9.80 Å². The van der Waals surface area contributed by atoms with Crippen LogP contribution in [0.4, 0.5) is 5.69 Å². The number of halogens is 1. The van der Waals surface area contributed by atoms with E-state index in [-0.39, 0.29) is 41.8 Å². The van der Waals surface area contributed by atoms with E-state index < -0.39 is 35.0 Å². The number of imide groups is 2. The van der Waals surface area contributed by atoms with Crippen molar-refractivity contribution in [3.63, 3.8) is 0 Å². The summed E-state index contributed by atoms with van der Waals surface area (Å²) < 4.78 is 0. The van der Waals surface area contributed by atoms with E-state index in [0.717, 1.165) is 30.8 Å². The molecule has 8 nitrogen and oxygen atoms in total. The summed E-state index contributed by atoms with van der Waals surface area (Å²) >= 11 is 6.43. The van der Waals surface area contributed by atoms with Crippen LogP contribution in [-0.2, 0) is 31.1 Å². The number of benzene rings is 4. The summed E-state index contributed by atoms with van der Waals surface area (Å²) in [5, 5.41) is 11.0. The van der Waals surface area contributed by atoms with Gasteiger partial charge < -0.3 is 5.11 Å². The molecule has 4 fully saturated rings. The number of amides is 4. The van der Waals surface area contributed by atoms with Gasteiger partial charge in [0.15, 0.2) is 0 Å². The minimum absolute atomic E-state index is 0.117. The number of phenols is 1. The Kier molecular flexibility index (Phi) is 8.58. The highest BCUT2D eigenvalue weighted by Crippen LogP contribution is 2.64. The predicted molar refractivity (Wildman–Crippen MR) is 206 cm³/mol. The number of aromatic hydroxyl groups is 1. The highest BCUT2D eigenvalue weighted by Gasteiger charge is 2.70. The van der Waals surface area contributed by atoms with E-state index >= 15 is 4.79 Å². The van der Waals surface area contributed by atoms with Crippen LogP contribution in [0.5, 0.6) is 5.75 Å². The van der Waals surface area contributed by atoms with Crippen LogP contribution < -0.4 is 4.90 Å². The first kappa shape index (κ1) is 34.7. The molecular formula is C45H42ClN3O5. The number of allylic oxidation sites excluding steroid dienone is 2. The van der Waals surface area contributed by atoms with E-state index in [1.54, 1.807) is 35.2 Å². The monoisotopic (exact) mass is 739 g/mol. The molecule has 4 aromatic rings. The Balaban J connectivity index is 1.12. The van der Waals surface area contributed by atoms with Crippen LogP contribution in [0.1, 0.15) is 53.9 Å². The number of piperidine rings is 1. The predicted octanol–water partition coefficient (Wildman–Crippen LogP) is 7.18. The van der Waals surface area contributed by atoms with Crippen molar-refractivity contribution in [2.45, 2.75) is 56.5 Å². The van der Waals surface area contributed by atoms with Crippen molar-refractivity contribution in [1.29, 1.82) is 0 Å². The summed E-state index contributed by atoms with van der Waals surface area (Å²) in [6.45, 7) is 4.23. The van der Waals surface area contributed by atoms with E-state index in [2.05, 4.69) is 23.1 Å². The molecule has 2 aliphatic carbocycles. The molecule has 6 atom stereocenters. The smallest absolute Gasteiger partial charge is 0.246 e. The topological polar surface area (TPSA) is 98.2 Å². The third-order valence-corrected chi connectivity index (χ3v) is 13.2. The van der Waals surface area contributed by atoms with Crippen LogP contribution in [0, 0.1) is 30.6 Å². The fourth-order valence-electron chi connectivity index (χ4n) is 10.5. The van der Waals surface area contributed by atoms with Gasteiger partial charge in [-0.05, 0) is 85.0 Å². The van der Waals surface area contributed by atoms with Crippen LogP contribution in [0.15, 0.2) is 115 Å². The summed E-state index contributed by atoms with van der Waals surface area (Å²) in [5.74, 6) is -3.87. The molecule has 5 aliphatic rings. The quantitative estimate of drug-likeness (QED) is 0.166. The van der Waals surface area contributed by atoms with E-state index in [1.165, 1.54) is 10.5 Å². The summed E-state index contributed by atoms with van der Waals surface area (Å²) in [7, 11) is 0. The summed E-state index contributed by atoms with van der Waals surface area (Å²) in [4.78, 5) is 64.7. The number of fused-ring (bicyclic) bond motifs is 4. The largest absolute Gasteiger partial charge is 0.508 e. The number of hydrogen-bond acceptors (Lipinski definition) is 6. The first-order valence-electron chi connectivity index (χ1n) is 19.0. The van der Waals surface area contributed by atoms with Crippen molar-refractivity contribution in [2.75, 3.05) is 18.0 Å². The standard InChI is InChI=1S/C45H42ClN3O5/c1-27-23-29(15-18-38(27)50)40-34-16-17-35-39(43(53)48(41(35)51)32-19-21-47(22-20-32)26-28-9-4-2-5-10-28)36(34)25-37-42(52)49(33-14-8-13-31(46)24-33)44(54)45(37,40)30-11-6-3-7-12-30/h2-16,18,23-24,32,35-37,39-40,50H,17,19-22,25-26H2,1H3/t35-,36+,37-,39-,40-,45+/m0/s1.